The molecular weight excluding hydrogens is 258 g/mol. The van der Waals surface area contributed by atoms with Gasteiger partial charge in [-0.2, -0.15) is 4.98 Å². The van der Waals surface area contributed by atoms with Crippen molar-refractivity contribution < 1.29 is 4.52 Å². The highest BCUT2D eigenvalue weighted by Crippen LogP contribution is 2.20. The minimum Gasteiger partial charge on any atom is -0.339 e. The van der Waals surface area contributed by atoms with Crippen molar-refractivity contribution in [1.82, 2.24) is 10.1 Å². The summed E-state index contributed by atoms with van der Waals surface area (Å²) in [4.78, 5) is 4.23. The molecule has 0 unspecified atom stereocenters. The van der Waals surface area contributed by atoms with E-state index in [1.807, 2.05) is 24.3 Å². The Labute approximate surface area is 95.6 Å². The molecule has 0 aliphatic heterocycles. The molecule has 0 amide bonds. The van der Waals surface area contributed by atoms with Crippen molar-refractivity contribution in [3.05, 3.63) is 34.6 Å². The van der Waals surface area contributed by atoms with Crippen LogP contribution in [0.25, 0.3) is 11.4 Å². The summed E-state index contributed by atoms with van der Waals surface area (Å²) >= 11 is 3.39. The van der Waals surface area contributed by atoms with E-state index in [-0.39, 0.29) is 0 Å². The van der Waals surface area contributed by atoms with Crippen molar-refractivity contribution in [1.29, 1.82) is 0 Å². The number of hydrogen-bond acceptors (Lipinski definition) is 4. The van der Waals surface area contributed by atoms with Gasteiger partial charge in [-0.05, 0) is 12.1 Å². The zero-order chi connectivity index (χ0) is 10.7. The fourth-order valence-corrected chi connectivity index (χ4v) is 1.62. The number of hydrogen-bond donors (Lipinski definition) is 1. The summed E-state index contributed by atoms with van der Waals surface area (Å²) in [5.41, 5.74) is 6.32. The largest absolute Gasteiger partial charge is 0.339 e. The summed E-state index contributed by atoms with van der Waals surface area (Å²) in [5.74, 6) is 1.17. The SMILES string of the molecule is NCCc1nc(-c2cccc(Br)c2)no1. The van der Waals surface area contributed by atoms with Crippen LogP contribution < -0.4 is 5.73 Å². The molecule has 1 aromatic heterocycles. The Bertz CT molecular complexity index is 455. The smallest absolute Gasteiger partial charge is 0.228 e. The van der Waals surface area contributed by atoms with E-state index in [2.05, 4.69) is 26.1 Å². The Morgan fingerprint density at radius 1 is 1.40 bits per heavy atom. The molecule has 0 fully saturated rings. The second kappa shape index (κ2) is 4.55. The maximum absolute atomic E-state index is 5.40. The highest BCUT2D eigenvalue weighted by atomic mass is 79.9. The minimum atomic E-state index is 0.514. The summed E-state index contributed by atoms with van der Waals surface area (Å²) in [5, 5.41) is 3.88. The van der Waals surface area contributed by atoms with E-state index in [9.17, 15) is 0 Å². The lowest BCUT2D eigenvalue weighted by Gasteiger charge is -1.93. The minimum absolute atomic E-state index is 0.514. The molecule has 2 aromatic rings. The van der Waals surface area contributed by atoms with Gasteiger partial charge in [0.2, 0.25) is 11.7 Å². The molecule has 0 aliphatic carbocycles. The third-order valence-corrected chi connectivity index (χ3v) is 2.40. The van der Waals surface area contributed by atoms with Crippen molar-refractivity contribution >= 4 is 15.9 Å². The molecule has 0 aliphatic rings. The third kappa shape index (κ3) is 2.43. The first-order valence-corrected chi connectivity index (χ1v) is 5.37. The van der Waals surface area contributed by atoms with Gasteiger partial charge in [0.15, 0.2) is 0 Å². The van der Waals surface area contributed by atoms with Gasteiger partial charge >= 0.3 is 0 Å². The molecule has 2 N–H and O–H groups in total. The predicted octanol–water partition coefficient (Wildman–Crippen LogP) is 2.00. The molecule has 0 bridgehead atoms. The first kappa shape index (κ1) is 10.3. The zero-order valence-corrected chi connectivity index (χ0v) is 9.57. The highest BCUT2D eigenvalue weighted by Gasteiger charge is 2.07. The average Bonchev–Trinajstić information content (AvgIpc) is 2.67. The number of nitrogens with zero attached hydrogens (tertiary/aromatic N) is 2. The van der Waals surface area contributed by atoms with E-state index in [1.165, 1.54) is 0 Å². The van der Waals surface area contributed by atoms with E-state index in [0.29, 0.717) is 24.7 Å². The Balaban J connectivity index is 2.29. The van der Waals surface area contributed by atoms with Gasteiger partial charge in [-0.15, -0.1) is 0 Å². The van der Waals surface area contributed by atoms with E-state index >= 15 is 0 Å². The summed E-state index contributed by atoms with van der Waals surface area (Å²) < 4.78 is 6.03. The van der Waals surface area contributed by atoms with Gasteiger partial charge in [0.25, 0.3) is 0 Å². The van der Waals surface area contributed by atoms with Crippen LogP contribution in [0.1, 0.15) is 5.89 Å². The highest BCUT2D eigenvalue weighted by molar-refractivity contribution is 9.10. The molecule has 0 spiro atoms. The molecule has 0 radical (unpaired) electrons. The maximum Gasteiger partial charge on any atom is 0.228 e. The molecule has 0 saturated carbocycles. The van der Waals surface area contributed by atoms with Gasteiger partial charge in [0.05, 0.1) is 0 Å². The molecule has 4 nitrogen and oxygen atoms in total. The van der Waals surface area contributed by atoms with Gasteiger partial charge in [0.1, 0.15) is 0 Å². The topological polar surface area (TPSA) is 64.9 Å². The number of benzene rings is 1. The van der Waals surface area contributed by atoms with E-state index in [1.54, 1.807) is 0 Å². The summed E-state index contributed by atoms with van der Waals surface area (Å²) in [6, 6.07) is 7.75. The maximum atomic E-state index is 5.40. The lowest BCUT2D eigenvalue weighted by atomic mass is 10.2. The van der Waals surface area contributed by atoms with Crippen LogP contribution in [0.5, 0.6) is 0 Å². The van der Waals surface area contributed by atoms with Crippen molar-refractivity contribution in [2.75, 3.05) is 6.54 Å². The first-order valence-electron chi connectivity index (χ1n) is 4.58. The first-order chi connectivity index (χ1) is 7.29. The van der Waals surface area contributed by atoms with Crippen molar-refractivity contribution in [2.45, 2.75) is 6.42 Å². The number of nitrogens with two attached hydrogens (primary N) is 1. The fraction of sp³-hybridized carbons (Fsp3) is 0.200. The summed E-state index contributed by atoms with van der Waals surface area (Å²) in [6.07, 6.45) is 0.612. The lowest BCUT2D eigenvalue weighted by molar-refractivity contribution is 0.380. The lowest BCUT2D eigenvalue weighted by Crippen LogP contribution is -2.02. The average molecular weight is 268 g/mol. The van der Waals surface area contributed by atoms with E-state index < -0.39 is 0 Å². The Hall–Kier alpha value is -1.20. The Kier molecular flexibility index (Phi) is 3.13. The normalized spacial score (nSPS) is 10.5. The second-order valence-corrected chi connectivity index (χ2v) is 3.98. The van der Waals surface area contributed by atoms with Crippen LogP contribution in [0.3, 0.4) is 0 Å². The fourth-order valence-electron chi connectivity index (χ4n) is 1.22. The number of aromatic nitrogens is 2. The molecular formula is C10H10BrN3O. The molecule has 1 aromatic carbocycles. The van der Waals surface area contributed by atoms with Crippen LogP contribution in [-0.2, 0) is 6.42 Å². The second-order valence-electron chi connectivity index (χ2n) is 3.06. The number of rotatable bonds is 3. The molecule has 2 rings (SSSR count). The predicted molar refractivity (Wildman–Crippen MR) is 60.2 cm³/mol. The molecule has 1 heterocycles. The molecule has 78 valence electrons. The van der Waals surface area contributed by atoms with Gasteiger partial charge in [-0.25, -0.2) is 0 Å². The van der Waals surface area contributed by atoms with Crippen molar-refractivity contribution in [2.24, 2.45) is 5.73 Å². The van der Waals surface area contributed by atoms with Gasteiger partial charge in [-0.1, -0.05) is 33.2 Å². The van der Waals surface area contributed by atoms with E-state index in [0.717, 1.165) is 10.0 Å². The summed E-state index contributed by atoms with van der Waals surface area (Å²) in [6.45, 7) is 0.514. The van der Waals surface area contributed by atoms with E-state index in [4.69, 9.17) is 10.3 Å². The Morgan fingerprint density at radius 3 is 3.00 bits per heavy atom. The van der Waals surface area contributed by atoms with Crippen LogP contribution >= 0.6 is 15.9 Å². The number of halogens is 1. The Morgan fingerprint density at radius 2 is 2.27 bits per heavy atom. The van der Waals surface area contributed by atoms with Gasteiger partial charge in [-0.3, -0.25) is 0 Å². The van der Waals surface area contributed by atoms with Crippen LogP contribution in [0.2, 0.25) is 0 Å². The van der Waals surface area contributed by atoms with Crippen LogP contribution in [0.4, 0.5) is 0 Å². The van der Waals surface area contributed by atoms with Crippen molar-refractivity contribution in [3.63, 3.8) is 0 Å². The van der Waals surface area contributed by atoms with Gasteiger partial charge in [0, 0.05) is 23.0 Å². The summed E-state index contributed by atoms with van der Waals surface area (Å²) in [7, 11) is 0. The van der Waals surface area contributed by atoms with Crippen LogP contribution in [0.15, 0.2) is 33.3 Å². The van der Waals surface area contributed by atoms with Crippen molar-refractivity contribution in [3.8, 4) is 11.4 Å². The molecule has 0 saturated heterocycles. The molecule has 5 heteroatoms. The quantitative estimate of drug-likeness (QED) is 0.924. The van der Waals surface area contributed by atoms with Crippen LogP contribution in [0, 0.1) is 0 Å². The molecule has 0 atom stereocenters. The molecule has 15 heavy (non-hydrogen) atoms. The standard InChI is InChI=1S/C10H10BrN3O/c11-8-3-1-2-7(6-8)10-13-9(4-5-12)15-14-10/h1-3,6H,4-5,12H2. The third-order valence-electron chi connectivity index (χ3n) is 1.91. The zero-order valence-electron chi connectivity index (χ0n) is 7.98. The van der Waals surface area contributed by atoms with Crippen LogP contribution in [-0.4, -0.2) is 16.7 Å². The van der Waals surface area contributed by atoms with Gasteiger partial charge < -0.3 is 10.3 Å². The monoisotopic (exact) mass is 267 g/mol.